The van der Waals surface area contributed by atoms with Gasteiger partial charge >= 0.3 is 0 Å². The summed E-state index contributed by atoms with van der Waals surface area (Å²) >= 11 is 6.32. The van der Waals surface area contributed by atoms with Crippen molar-refractivity contribution < 1.29 is 4.79 Å². The molecule has 1 N–H and O–H groups in total. The van der Waals surface area contributed by atoms with Gasteiger partial charge < -0.3 is 5.32 Å². The van der Waals surface area contributed by atoms with E-state index in [1.807, 2.05) is 13.8 Å². The Bertz CT molecular complexity index is 506. The molecule has 21 heavy (non-hydrogen) atoms. The molecule has 0 aromatic carbocycles. The highest BCUT2D eigenvalue weighted by atomic mass is 35.5. The van der Waals surface area contributed by atoms with Crippen LogP contribution < -0.4 is 5.32 Å². The maximum absolute atomic E-state index is 11.9. The van der Waals surface area contributed by atoms with Crippen molar-refractivity contribution in [2.75, 3.05) is 0 Å². The predicted molar refractivity (Wildman–Crippen MR) is 88.4 cm³/mol. The second-order valence-corrected chi connectivity index (χ2v) is 6.10. The van der Waals surface area contributed by atoms with E-state index in [0.717, 1.165) is 30.6 Å². The summed E-state index contributed by atoms with van der Waals surface area (Å²) < 4.78 is 1.80. The predicted octanol–water partition coefficient (Wildman–Crippen LogP) is 3.82. The number of rotatable bonds is 7. The van der Waals surface area contributed by atoms with E-state index in [1.165, 1.54) is 6.08 Å². The van der Waals surface area contributed by atoms with E-state index in [0.29, 0.717) is 11.1 Å². The number of aromatic nitrogens is 2. The van der Waals surface area contributed by atoms with E-state index in [9.17, 15) is 4.79 Å². The van der Waals surface area contributed by atoms with Gasteiger partial charge in [-0.3, -0.25) is 9.48 Å². The van der Waals surface area contributed by atoms with Gasteiger partial charge in [-0.15, -0.1) is 0 Å². The lowest BCUT2D eigenvalue weighted by atomic mass is 10.1. The fourth-order valence-electron chi connectivity index (χ4n) is 1.81. The zero-order valence-electron chi connectivity index (χ0n) is 13.6. The third-order valence-electron chi connectivity index (χ3n) is 3.60. The number of amides is 1. The minimum Gasteiger partial charge on any atom is -0.350 e. The molecule has 1 amide bonds. The molecule has 0 aliphatic rings. The molecular formula is C16H26ClN3O. The fourth-order valence-corrected chi connectivity index (χ4v) is 2.13. The molecule has 0 aliphatic heterocycles. The standard InChI is InChI=1S/C16H26ClN3O/c1-6-7-10-20-16(17)14(13(5)19-20)8-9-15(21)18-12(4)11(2)3/h8-9,11-12H,6-7,10H2,1-5H3,(H,18,21)/b9-8+. The molecule has 1 aromatic heterocycles. The molecule has 118 valence electrons. The van der Waals surface area contributed by atoms with Gasteiger partial charge in [-0.1, -0.05) is 38.8 Å². The van der Waals surface area contributed by atoms with Crippen molar-refractivity contribution in [2.45, 2.75) is 60.0 Å². The van der Waals surface area contributed by atoms with Gasteiger partial charge in [0.25, 0.3) is 0 Å². The molecule has 5 heteroatoms. The lowest BCUT2D eigenvalue weighted by molar-refractivity contribution is -0.117. The maximum Gasteiger partial charge on any atom is 0.244 e. The third kappa shape index (κ3) is 5.20. The number of hydrogen-bond acceptors (Lipinski definition) is 2. The summed E-state index contributed by atoms with van der Waals surface area (Å²) in [4.78, 5) is 11.9. The lowest BCUT2D eigenvalue weighted by Crippen LogP contribution is -2.34. The van der Waals surface area contributed by atoms with Crippen molar-refractivity contribution in [3.8, 4) is 0 Å². The number of halogens is 1. The number of carbonyl (C=O) groups is 1. The highest BCUT2D eigenvalue weighted by Gasteiger charge is 2.12. The molecule has 1 atom stereocenters. The molecule has 4 nitrogen and oxygen atoms in total. The Kier molecular flexibility index (Phi) is 6.96. The van der Waals surface area contributed by atoms with Gasteiger partial charge in [0.05, 0.1) is 5.69 Å². The summed E-state index contributed by atoms with van der Waals surface area (Å²) in [6.07, 6.45) is 5.40. The summed E-state index contributed by atoms with van der Waals surface area (Å²) in [5.41, 5.74) is 1.66. The van der Waals surface area contributed by atoms with Crippen LogP contribution in [0.1, 0.15) is 51.8 Å². The van der Waals surface area contributed by atoms with Gasteiger partial charge in [0.15, 0.2) is 0 Å². The molecule has 1 unspecified atom stereocenters. The van der Waals surface area contributed by atoms with Gasteiger partial charge in [-0.25, -0.2) is 0 Å². The largest absolute Gasteiger partial charge is 0.350 e. The van der Waals surface area contributed by atoms with Gasteiger partial charge in [-0.2, -0.15) is 5.10 Å². The second kappa shape index (κ2) is 8.23. The zero-order valence-corrected chi connectivity index (χ0v) is 14.4. The molecule has 0 saturated heterocycles. The Balaban J connectivity index is 2.76. The first-order chi connectivity index (χ1) is 9.86. The average molecular weight is 312 g/mol. The van der Waals surface area contributed by atoms with Crippen molar-refractivity contribution in [3.05, 3.63) is 22.5 Å². The molecule has 0 spiro atoms. The van der Waals surface area contributed by atoms with Crippen LogP contribution in [0.4, 0.5) is 0 Å². The molecule has 0 radical (unpaired) electrons. The van der Waals surface area contributed by atoms with Crippen molar-refractivity contribution in [1.29, 1.82) is 0 Å². The van der Waals surface area contributed by atoms with Crippen molar-refractivity contribution in [1.82, 2.24) is 15.1 Å². The average Bonchev–Trinajstić information content (AvgIpc) is 2.68. The highest BCUT2D eigenvalue weighted by Crippen LogP contribution is 2.21. The number of unbranched alkanes of at least 4 members (excludes halogenated alkanes) is 1. The zero-order chi connectivity index (χ0) is 16.0. The van der Waals surface area contributed by atoms with E-state index >= 15 is 0 Å². The summed E-state index contributed by atoms with van der Waals surface area (Å²) in [6, 6.07) is 0.144. The topological polar surface area (TPSA) is 46.9 Å². The maximum atomic E-state index is 11.9. The van der Waals surface area contributed by atoms with Crippen LogP contribution in [-0.2, 0) is 11.3 Å². The normalized spacial score (nSPS) is 13.1. The van der Waals surface area contributed by atoms with Crippen LogP contribution >= 0.6 is 11.6 Å². The van der Waals surface area contributed by atoms with Crippen molar-refractivity contribution in [3.63, 3.8) is 0 Å². The van der Waals surface area contributed by atoms with Crippen molar-refractivity contribution in [2.24, 2.45) is 5.92 Å². The molecule has 0 aliphatic carbocycles. The number of nitrogens with one attached hydrogen (secondary N) is 1. The van der Waals surface area contributed by atoms with E-state index < -0.39 is 0 Å². The summed E-state index contributed by atoms with van der Waals surface area (Å²) in [7, 11) is 0. The van der Waals surface area contributed by atoms with E-state index in [1.54, 1.807) is 10.8 Å². The van der Waals surface area contributed by atoms with Crippen LogP contribution in [-0.4, -0.2) is 21.7 Å². The summed E-state index contributed by atoms with van der Waals surface area (Å²) in [6.45, 7) is 11.0. The first-order valence-electron chi connectivity index (χ1n) is 7.58. The summed E-state index contributed by atoms with van der Waals surface area (Å²) in [5.74, 6) is 0.303. The molecule has 1 rings (SSSR count). The van der Waals surface area contributed by atoms with E-state index in [-0.39, 0.29) is 11.9 Å². The van der Waals surface area contributed by atoms with Crippen LogP contribution in [0.25, 0.3) is 6.08 Å². The SMILES string of the molecule is CCCCn1nc(C)c(/C=C/C(=O)NC(C)C(C)C)c1Cl. The molecule has 0 saturated carbocycles. The van der Waals surface area contributed by atoms with E-state index in [4.69, 9.17) is 11.6 Å². The number of aryl methyl sites for hydroxylation is 2. The third-order valence-corrected chi connectivity index (χ3v) is 4.00. The van der Waals surface area contributed by atoms with Gasteiger partial charge in [-0.05, 0) is 32.3 Å². The highest BCUT2D eigenvalue weighted by molar-refractivity contribution is 6.31. The number of hydrogen-bond donors (Lipinski definition) is 1. The lowest BCUT2D eigenvalue weighted by Gasteiger charge is -2.15. The monoisotopic (exact) mass is 311 g/mol. The molecule has 1 aromatic rings. The Hall–Kier alpha value is -1.29. The van der Waals surface area contributed by atoms with Crippen LogP contribution in [0.5, 0.6) is 0 Å². The number of carbonyl (C=O) groups excluding carboxylic acids is 1. The molecule has 0 fully saturated rings. The van der Waals surface area contributed by atoms with Crippen LogP contribution in [0, 0.1) is 12.8 Å². The second-order valence-electron chi connectivity index (χ2n) is 5.74. The Morgan fingerprint density at radius 1 is 1.43 bits per heavy atom. The first kappa shape index (κ1) is 17.8. The fraction of sp³-hybridized carbons (Fsp3) is 0.625. The Labute approximate surface area is 132 Å². The van der Waals surface area contributed by atoms with Gasteiger partial charge in [0.2, 0.25) is 5.91 Å². The Morgan fingerprint density at radius 3 is 2.67 bits per heavy atom. The van der Waals surface area contributed by atoms with Crippen LogP contribution in [0.2, 0.25) is 5.15 Å². The molecule has 0 bridgehead atoms. The minimum absolute atomic E-state index is 0.104. The van der Waals surface area contributed by atoms with Gasteiger partial charge in [0, 0.05) is 24.2 Å². The Morgan fingerprint density at radius 2 is 2.10 bits per heavy atom. The van der Waals surface area contributed by atoms with Crippen LogP contribution in [0.3, 0.4) is 0 Å². The molecule has 1 heterocycles. The van der Waals surface area contributed by atoms with Crippen LogP contribution in [0.15, 0.2) is 6.08 Å². The van der Waals surface area contributed by atoms with E-state index in [2.05, 4.69) is 31.2 Å². The molecular weight excluding hydrogens is 286 g/mol. The summed E-state index contributed by atoms with van der Waals surface area (Å²) in [5, 5.41) is 7.95. The quantitative estimate of drug-likeness (QED) is 0.778. The number of nitrogens with zero attached hydrogens (tertiary/aromatic N) is 2. The smallest absolute Gasteiger partial charge is 0.244 e. The van der Waals surface area contributed by atoms with Crippen molar-refractivity contribution >= 4 is 23.6 Å². The first-order valence-corrected chi connectivity index (χ1v) is 7.96. The van der Waals surface area contributed by atoms with Gasteiger partial charge in [0.1, 0.15) is 5.15 Å². The minimum atomic E-state index is -0.104.